The van der Waals surface area contributed by atoms with Crippen LogP contribution in [-0.2, 0) is 14.0 Å². The number of hydrogen-bond acceptors (Lipinski definition) is 4. The highest BCUT2D eigenvalue weighted by atomic mass is 16.8. The first-order valence-corrected chi connectivity index (χ1v) is 7.60. The van der Waals surface area contributed by atoms with Gasteiger partial charge >= 0.3 is 6.75 Å². The second-order valence-electron chi connectivity index (χ2n) is 5.97. The van der Waals surface area contributed by atoms with Crippen LogP contribution in [0.3, 0.4) is 0 Å². The summed E-state index contributed by atoms with van der Waals surface area (Å²) < 4.78 is 23.5. The highest BCUT2D eigenvalue weighted by molar-refractivity contribution is 6.75. The summed E-state index contributed by atoms with van der Waals surface area (Å²) in [5, 5.41) is 0. The first kappa shape index (κ1) is 18.0. The van der Waals surface area contributed by atoms with Gasteiger partial charge < -0.3 is 18.7 Å². The van der Waals surface area contributed by atoms with Crippen molar-refractivity contribution in [1.82, 2.24) is 0 Å². The molecular formula is C16H28BO4-. The van der Waals surface area contributed by atoms with E-state index in [1.54, 1.807) is 7.11 Å². The lowest BCUT2D eigenvalue weighted by Crippen LogP contribution is -2.60. The molecule has 1 aromatic carbocycles. The number of ether oxygens (including phenoxy) is 1. The largest absolute Gasteiger partial charge is 0.539 e. The van der Waals surface area contributed by atoms with Crippen molar-refractivity contribution in [2.75, 3.05) is 7.11 Å². The predicted octanol–water partition coefficient (Wildman–Crippen LogP) is 3.12. The Balaban J connectivity index is 3.22. The molecule has 0 spiro atoms. The van der Waals surface area contributed by atoms with Crippen molar-refractivity contribution in [3.63, 3.8) is 0 Å². The first-order valence-electron chi connectivity index (χ1n) is 7.60. The van der Waals surface area contributed by atoms with Gasteiger partial charge in [-0.3, -0.25) is 0 Å². The molecule has 1 rings (SSSR count). The average molecular weight is 295 g/mol. The van der Waals surface area contributed by atoms with Crippen LogP contribution in [0.2, 0.25) is 0 Å². The summed E-state index contributed by atoms with van der Waals surface area (Å²) in [5.74, 6) is 0.794. The first-order chi connectivity index (χ1) is 9.79. The second-order valence-corrected chi connectivity index (χ2v) is 5.97. The Morgan fingerprint density at radius 2 is 1.10 bits per heavy atom. The fourth-order valence-corrected chi connectivity index (χ4v) is 2.25. The Morgan fingerprint density at radius 1 is 0.714 bits per heavy atom. The molecule has 0 amide bonds. The van der Waals surface area contributed by atoms with Gasteiger partial charge in [-0.1, -0.05) is 12.1 Å². The molecule has 0 heterocycles. The Labute approximate surface area is 128 Å². The van der Waals surface area contributed by atoms with Gasteiger partial charge in [0.25, 0.3) is 0 Å². The highest BCUT2D eigenvalue weighted by Gasteiger charge is 2.34. The van der Waals surface area contributed by atoms with E-state index in [9.17, 15) is 0 Å². The summed E-state index contributed by atoms with van der Waals surface area (Å²) in [7, 11) is 1.65. The minimum atomic E-state index is -1.99. The lowest BCUT2D eigenvalue weighted by Gasteiger charge is -2.46. The van der Waals surface area contributed by atoms with E-state index in [0.29, 0.717) is 0 Å². The third-order valence-corrected chi connectivity index (χ3v) is 2.88. The standard InChI is InChI=1S/C16H28BO4/c1-12(2)19-17(20-13(3)4,21-14(5)6)15-8-10-16(18-7)11-9-15/h8-14H,1-7H3/q-1. The fourth-order valence-electron chi connectivity index (χ4n) is 2.25. The zero-order chi connectivity index (χ0) is 16.0. The average Bonchev–Trinajstić information content (AvgIpc) is 2.36. The van der Waals surface area contributed by atoms with E-state index in [1.807, 2.05) is 65.8 Å². The smallest absolute Gasteiger partial charge is 0.410 e. The maximum absolute atomic E-state index is 6.10. The van der Waals surface area contributed by atoms with Crippen molar-refractivity contribution in [1.29, 1.82) is 0 Å². The van der Waals surface area contributed by atoms with Gasteiger partial charge in [0, 0.05) is 18.3 Å². The molecule has 5 heteroatoms. The molecule has 0 N–H and O–H groups in total. The molecule has 0 saturated carbocycles. The predicted molar refractivity (Wildman–Crippen MR) is 87.0 cm³/mol. The summed E-state index contributed by atoms with van der Waals surface area (Å²) in [6.07, 6.45) is -0.0289. The van der Waals surface area contributed by atoms with Crippen molar-refractivity contribution in [3.05, 3.63) is 24.3 Å². The Bertz CT molecular complexity index is 388. The van der Waals surface area contributed by atoms with Gasteiger partial charge in [-0.05, 0) is 53.7 Å². The molecule has 0 saturated heterocycles. The normalized spacial score (nSPS) is 12.5. The number of benzene rings is 1. The van der Waals surface area contributed by atoms with Crippen LogP contribution < -0.4 is 10.2 Å². The van der Waals surface area contributed by atoms with Crippen molar-refractivity contribution in [3.8, 4) is 5.75 Å². The van der Waals surface area contributed by atoms with E-state index in [4.69, 9.17) is 18.7 Å². The van der Waals surface area contributed by atoms with Gasteiger partial charge in [0.1, 0.15) is 5.75 Å². The van der Waals surface area contributed by atoms with Crippen molar-refractivity contribution in [2.45, 2.75) is 59.9 Å². The molecule has 0 aromatic heterocycles. The summed E-state index contributed by atoms with van der Waals surface area (Å²) in [4.78, 5) is 0. The van der Waals surface area contributed by atoms with Crippen LogP contribution in [0.5, 0.6) is 5.75 Å². The Hall–Kier alpha value is -1.04. The summed E-state index contributed by atoms with van der Waals surface area (Å²) in [5.41, 5.74) is 0.881. The molecule has 0 radical (unpaired) electrons. The molecule has 21 heavy (non-hydrogen) atoms. The lowest BCUT2D eigenvalue weighted by molar-refractivity contribution is 0.0153. The fraction of sp³-hybridized carbons (Fsp3) is 0.625. The minimum absolute atomic E-state index is 0.00963. The van der Waals surface area contributed by atoms with Gasteiger partial charge in [-0.15, -0.1) is 5.46 Å². The summed E-state index contributed by atoms with van der Waals surface area (Å²) >= 11 is 0. The minimum Gasteiger partial charge on any atom is -0.539 e. The summed E-state index contributed by atoms with van der Waals surface area (Å²) in [6.45, 7) is 9.89. The van der Waals surface area contributed by atoms with Crippen molar-refractivity contribution >= 4 is 12.2 Å². The second kappa shape index (κ2) is 7.83. The van der Waals surface area contributed by atoms with Crippen molar-refractivity contribution in [2.24, 2.45) is 0 Å². The van der Waals surface area contributed by atoms with E-state index >= 15 is 0 Å². The van der Waals surface area contributed by atoms with Crippen LogP contribution in [-0.4, -0.2) is 32.2 Å². The highest BCUT2D eigenvalue weighted by Crippen LogP contribution is 2.19. The molecule has 120 valence electrons. The van der Waals surface area contributed by atoms with Crippen LogP contribution in [0.25, 0.3) is 0 Å². The molecule has 0 fully saturated rings. The topological polar surface area (TPSA) is 36.9 Å². The van der Waals surface area contributed by atoms with E-state index in [0.717, 1.165) is 11.2 Å². The summed E-state index contributed by atoms with van der Waals surface area (Å²) in [6, 6.07) is 7.66. The van der Waals surface area contributed by atoms with Gasteiger partial charge in [-0.2, -0.15) is 0 Å². The molecule has 0 aliphatic heterocycles. The Morgan fingerprint density at radius 3 is 1.38 bits per heavy atom. The molecule has 0 bridgehead atoms. The zero-order valence-electron chi connectivity index (χ0n) is 14.3. The van der Waals surface area contributed by atoms with E-state index in [1.165, 1.54) is 0 Å². The van der Waals surface area contributed by atoms with E-state index in [-0.39, 0.29) is 18.3 Å². The quantitative estimate of drug-likeness (QED) is 0.691. The molecule has 1 aromatic rings. The third-order valence-electron chi connectivity index (χ3n) is 2.88. The monoisotopic (exact) mass is 295 g/mol. The van der Waals surface area contributed by atoms with E-state index < -0.39 is 6.75 Å². The SMILES string of the molecule is COc1ccc([B-](OC(C)C)(OC(C)C)OC(C)C)cc1. The molecule has 0 atom stereocenters. The van der Waals surface area contributed by atoms with E-state index in [2.05, 4.69) is 0 Å². The van der Waals surface area contributed by atoms with Crippen LogP contribution in [0.1, 0.15) is 41.5 Å². The van der Waals surface area contributed by atoms with Crippen LogP contribution in [0.4, 0.5) is 0 Å². The number of hydrogen-bond donors (Lipinski definition) is 0. The van der Waals surface area contributed by atoms with Crippen LogP contribution in [0.15, 0.2) is 24.3 Å². The van der Waals surface area contributed by atoms with Crippen LogP contribution in [0, 0.1) is 0 Å². The number of methoxy groups -OCH3 is 1. The molecule has 0 unspecified atom stereocenters. The molecular weight excluding hydrogens is 267 g/mol. The maximum Gasteiger partial charge on any atom is 0.410 e. The van der Waals surface area contributed by atoms with Gasteiger partial charge in [0.15, 0.2) is 0 Å². The lowest BCUT2D eigenvalue weighted by atomic mass is 9.68. The molecule has 4 nitrogen and oxygen atoms in total. The van der Waals surface area contributed by atoms with Crippen LogP contribution >= 0.6 is 0 Å². The zero-order valence-corrected chi connectivity index (χ0v) is 14.3. The van der Waals surface area contributed by atoms with Crippen molar-refractivity contribution < 1.29 is 18.7 Å². The molecule has 0 aliphatic rings. The van der Waals surface area contributed by atoms with Gasteiger partial charge in [0.2, 0.25) is 0 Å². The van der Waals surface area contributed by atoms with Gasteiger partial charge in [-0.25, -0.2) is 0 Å². The molecule has 0 aliphatic carbocycles. The van der Waals surface area contributed by atoms with Gasteiger partial charge in [0.05, 0.1) is 7.11 Å². The maximum atomic E-state index is 6.10. The number of rotatable bonds is 8. The Kier molecular flexibility index (Phi) is 6.71. The third kappa shape index (κ3) is 5.34.